The van der Waals surface area contributed by atoms with Crippen LogP contribution >= 0.6 is 0 Å². The fraction of sp³-hybridized carbons (Fsp3) is 0.889. The smallest absolute Gasteiger partial charge is 0.0952 e. The molecule has 0 unspecified atom stereocenters. The predicted molar refractivity (Wildman–Crippen MR) is 46.0 cm³/mol. The Bertz CT molecular complexity index is 92.2. The van der Waals surface area contributed by atoms with Crippen LogP contribution in [0.3, 0.4) is 0 Å². The Kier molecular flexibility index (Phi) is 4.69. The molecule has 0 fully saturated rings. The third kappa shape index (κ3) is 9.92. The van der Waals surface area contributed by atoms with Crippen molar-refractivity contribution in [1.29, 1.82) is 0 Å². The van der Waals surface area contributed by atoms with E-state index in [4.69, 9.17) is 9.78 Å². The highest BCUT2D eigenvalue weighted by molar-refractivity contribution is 4.75. The number of hydrogen-bond acceptors (Lipinski definition) is 2. The molecule has 0 amide bonds. The predicted octanol–water partition coefficient (Wildman–Crippen LogP) is 2.74. The second-order valence-electron chi connectivity index (χ2n) is 3.97. The van der Waals surface area contributed by atoms with Gasteiger partial charge in [0.25, 0.3) is 0 Å². The van der Waals surface area contributed by atoms with E-state index >= 15 is 0 Å². The minimum absolute atomic E-state index is 0.193. The fourth-order valence-corrected chi connectivity index (χ4v) is 0.464. The lowest BCUT2D eigenvalue weighted by atomic mass is 10.1. The van der Waals surface area contributed by atoms with Crippen molar-refractivity contribution in [2.24, 2.45) is 0 Å². The van der Waals surface area contributed by atoms with Gasteiger partial charge in [-0.3, -0.25) is 0 Å². The van der Waals surface area contributed by atoms with Gasteiger partial charge in [-0.2, -0.15) is 0 Å². The summed E-state index contributed by atoms with van der Waals surface area (Å²) in [5.41, 5.74) is -0.193. The van der Waals surface area contributed by atoms with Crippen LogP contribution < -0.4 is 0 Å². The molecule has 0 aliphatic rings. The number of hydrogen-bond donors (Lipinski definition) is 0. The average molecular weight is 159 g/mol. The Labute approximate surface area is 69.8 Å². The molecule has 2 nitrogen and oxygen atoms in total. The largest absolute Gasteiger partial charge is 0.236 e. The first-order valence-corrected chi connectivity index (χ1v) is 4.01. The van der Waals surface area contributed by atoms with Gasteiger partial charge < -0.3 is 0 Å². The van der Waals surface area contributed by atoms with Gasteiger partial charge in [0.15, 0.2) is 0 Å². The van der Waals surface area contributed by atoms with Gasteiger partial charge in [-0.1, -0.05) is 13.8 Å². The van der Waals surface area contributed by atoms with Crippen molar-refractivity contribution in [3.05, 3.63) is 5.92 Å². The lowest BCUT2D eigenvalue weighted by molar-refractivity contribution is -0.348. The summed E-state index contributed by atoms with van der Waals surface area (Å²) in [7, 11) is 0. The molecule has 0 atom stereocenters. The van der Waals surface area contributed by atoms with Gasteiger partial charge in [0.1, 0.15) is 0 Å². The topological polar surface area (TPSA) is 18.5 Å². The highest BCUT2D eigenvalue weighted by Crippen LogP contribution is 2.08. The van der Waals surface area contributed by atoms with Crippen LogP contribution in [0.5, 0.6) is 0 Å². The maximum Gasteiger partial charge on any atom is 0.0952 e. The summed E-state index contributed by atoms with van der Waals surface area (Å²) in [5, 5.41) is 0. The summed E-state index contributed by atoms with van der Waals surface area (Å²) < 4.78 is 0. The van der Waals surface area contributed by atoms with Crippen LogP contribution in [0, 0.1) is 5.92 Å². The SMILES string of the molecule is C[C](C)CCOOC(C)(C)C. The van der Waals surface area contributed by atoms with Gasteiger partial charge in [0.2, 0.25) is 0 Å². The van der Waals surface area contributed by atoms with E-state index < -0.39 is 0 Å². The van der Waals surface area contributed by atoms with Crippen molar-refractivity contribution in [2.45, 2.75) is 46.6 Å². The summed E-state index contributed by atoms with van der Waals surface area (Å²) >= 11 is 0. The van der Waals surface area contributed by atoms with E-state index in [1.807, 2.05) is 20.8 Å². The molecule has 0 aliphatic carbocycles. The molecule has 0 heterocycles. The minimum Gasteiger partial charge on any atom is -0.236 e. The molecule has 11 heavy (non-hydrogen) atoms. The number of rotatable bonds is 4. The molecular weight excluding hydrogens is 140 g/mol. The second kappa shape index (κ2) is 4.73. The lowest BCUT2D eigenvalue weighted by Crippen LogP contribution is -2.19. The molecule has 0 rings (SSSR count). The standard InChI is InChI=1S/C9H19O2/c1-8(2)6-7-10-11-9(3,4)5/h6-7H2,1-5H3. The molecule has 1 radical (unpaired) electrons. The quantitative estimate of drug-likeness (QED) is 0.357. The molecule has 0 aromatic rings. The first-order valence-electron chi connectivity index (χ1n) is 4.01. The van der Waals surface area contributed by atoms with Crippen LogP contribution in [0.2, 0.25) is 0 Å². The van der Waals surface area contributed by atoms with E-state index in [2.05, 4.69) is 13.8 Å². The van der Waals surface area contributed by atoms with Gasteiger partial charge in [-0.05, 0) is 33.1 Å². The van der Waals surface area contributed by atoms with Crippen LogP contribution in [-0.2, 0) is 9.78 Å². The van der Waals surface area contributed by atoms with Crippen molar-refractivity contribution < 1.29 is 9.78 Å². The molecule has 0 aromatic carbocycles. The average Bonchev–Trinajstić information content (AvgIpc) is 1.78. The second-order valence-corrected chi connectivity index (χ2v) is 3.97. The highest BCUT2D eigenvalue weighted by atomic mass is 17.2. The maximum absolute atomic E-state index is 5.07. The molecule has 0 aliphatic heterocycles. The van der Waals surface area contributed by atoms with Crippen molar-refractivity contribution in [2.75, 3.05) is 6.61 Å². The monoisotopic (exact) mass is 159 g/mol. The van der Waals surface area contributed by atoms with E-state index in [-0.39, 0.29) is 5.60 Å². The van der Waals surface area contributed by atoms with E-state index in [1.54, 1.807) is 0 Å². The minimum atomic E-state index is -0.193. The van der Waals surface area contributed by atoms with Gasteiger partial charge in [-0.15, -0.1) is 0 Å². The van der Waals surface area contributed by atoms with Crippen molar-refractivity contribution in [1.82, 2.24) is 0 Å². The van der Waals surface area contributed by atoms with E-state index in [0.29, 0.717) is 6.61 Å². The molecular formula is C9H19O2. The summed E-state index contributed by atoms with van der Waals surface area (Å²) in [6, 6.07) is 0. The van der Waals surface area contributed by atoms with Crippen molar-refractivity contribution >= 4 is 0 Å². The van der Waals surface area contributed by atoms with E-state index in [0.717, 1.165) is 6.42 Å². The molecule has 0 saturated carbocycles. The van der Waals surface area contributed by atoms with E-state index in [1.165, 1.54) is 5.92 Å². The Balaban J connectivity index is 3.15. The highest BCUT2D eigenvalue weighted by Gasteiger charge is 2.10. The summed E-state index contributed by atoms with van der Waals surface area (Å²) in [6.07, 6.45) is 0.968. The molecule has 0 spiro atoms. The van der Waals surface area contributed by atoms with Gasteiger partial charge in [-0.25, -0.2) is 9.78 Å². The Hall–Kier alpha value is -0.0800. The molecule has 0 aromatic heterocycles. The van der Waals surface area contributed by atoms with Crippen molar-refractivity contribution in [3.8, 4) is 0 Å². The summed E-state index contributed by atoms with van der Waals surface area (Å²) in [5.74, 6) is 1.36. The zero-order valence-corrected chi connectivity index (χ0v) is 8.23. The fourth-order valence-electron chi connectivity index (χ4n) is 0.464. The van der Waals surface area contributed by atoms with Gasteiger partial charge >= 0.3 is 0 Å². The van der Waals surface area contributed by atoms with Crippen LogP contribution in [-0.4, -0.2) is 12.2 Å². The van der Waals surface area contributed by atoms with Crippen LogP contribution in [0.25, 0.3) is 0 Å². The van der Waals surface area contributed by atoms with Gasteiger partial charge in [0.05, 0.1) is 12.2 Å². The molecule has 0 N–H and O–H groups in total. The van der Waals surface area contributed by atoms with Gasteiger partial charge in [0, 0.05) is 0 Å². The first kappa shape index (κ1) is 10.9. The Morgan fingerprint density at radius 1 is 1.18 bits per heavy atom. The third-order valence-corrected chi connectivity index (χ3v) is 0.994. The van der Waals surface area contributed by atoms with Crippen molar-refractivity contribution in [3.63, 3.8) is 0 Å². The summed E-state index contributed by atoms with van der Waals surface area (Å²) in [6.45, 7) is 10.7. The van der Waals surface area contributed by atoms with Crippen LogP contribution in [0.1, 0.15) is 41.0 Å². The maximum atomic E-state index is 5.07. The molecule has 0 saturated heterocycles. The molecule has 0 bridgehead atoms. The van der Waals surface area contributed by atoms with Crippen LogP contribution in [0.15, 0.2) is 0 Å². The van der Waals surface area contributed by atoms with E-state index in [9.17, 15) is 0 Å². The lowest BCUT2D eigenvalue weighted by Gasteiger charge is -2.17. The first-order chi connectivity index (χ1) is 4.92. The zero-order valence-electron chi connectivity index (χ0n) is 8.23. The normalized spacial score (nSPS) is 12.5. The Morgan fingerprint density at radius 3 is 2.09 bits per heavy atom. The summed E-state index contributed by atoms with van der Waals surface area (Å²) in [4.78, 5) is 10.1. The Morgan fingerprint density at radius 2 is 1.73 bits per heavy atom. The van der Waals surface area contributed by atoms with Crippen LogP contribution in [0.4, 0.5) is 0 Å². The molecule has 2 heteroatoms. The molecule has 67 valence electrons. The third-order valence-electron chi connectivity index (χ3n) is 0.994. The zero-order chi connectivity index (χ0) is 8.91.